The number of rotatable bonds is 2. The zero-order valence-corrected chi connectivity index (χ0v) is 7.77. The number of hydrogen-bond donors (Lipinski definition) is 0. The largest absolute Gasteiger partial charge is 0.293 e. The van der Waals surface area contributed by atoms with Gasteiger partial charge < -0.3 is 0 Å². The van der Waals surface area contributed by atoms with Gasteiger partial charge in [-0.15, -0.1) is 0 Å². The number of halogens is 2. The Hall–Kier alpha value is -0.635. The van der Waals surface area contributed by atoms with Crippen molar-refractivity contribution in [2.24, 2.45) is 0 Å². The highest BCUT2D eigenvalue weighted by Gasteiger charge is 2.08. The molecule has 4 heteroatoms. The van der Waals surface area contributed by atoms with Crippen LogP contribution in [0.4, 0.5) is 4.39 Å². The Morgan fingerprint density at radius 2 is 2.25 bits per heavy atom. The van der Waals surface area contributed by atoms with Crippen LogP contribution in [0.3, 0.4) is 0 Å². The molecule has 0 aliphatic heterocycles. The van der Waals surface area contributed by atoms with Gasteiger partial charge in [0.05, 0.1) is 10.9 Å². The molecule has 0 unspecified atom stereocenters. The highest BCUT2D eigenvalue weighted by atomic mass is 79.9. The molecule has 2 radical (unpaired) electrons. The predicted molar refractivity (Wildman–Crippen MR) is 49.9 cm³/mol. The Balaban J connectivity index is 3.09. The molecule has 0 bridgehead atoms. The number of benzene rings is 1. The third kappa shape index (κ3) is 1.94. The van der Waals surface area contributed by atoms with Crippen LogP contribution >= 0.6 is 15.9 Å². The van der Waals surface area contributed by atoms with Gasteiger partial charge in [-0.05, 0) is 12.1 Å². The van der Waals surface area contributed by atoms with Gasteiger partial charge in [-0.1, -0.05) is 27.5 Å². The minimum atomic E-state index is -0.570. The van der Waals surface area contributed by atoms with E-state index in [1.807, 2.05) is 0 Å². The lowest BCUT2D eigenvalue weighted by Crippen LogP contribution is -2.09. The van der Waals surface area contributed by atoms with E-state index in [4.69, 9.17) is 7.85 Å². The SMILES string of the molecule is [B]c1ccc(C(=O)CBr)c(F)c1. The summed E-state index contributed by atoms with van der Waals surface area (Å²) in [6, 6.07) is 4.02. The van der Waals surface area contributed by atoms with Gasteiger partial charge >= 0.3 is 0 Å². The van der Waals surface area contributed by atoms with Crippen molar-refractivity contribution in [2.75, 3.05) is 5.33 Å². The summed E-state index contributed by atoms with van der Waals surface area (Å²) in [4.78, 5) is 11.0. The van der Waals surface area contributed by atoms with Crippen molar-refractivity contribution >= 4 is 35.0 Å². The summed E-state index contributed by atoms with van der Waals surface area (Å²) in [5, 5.41) is 0.119. The maximum absolute atomic E-state index is 13.0. The van der Waals surface area contributed by atoms with Gasteiger partial charge in [-0.2, -0.15) is 0 Å². The molecule has 0 amide bonds. The summed E-state index contributed by atoms with van der Waals surface area (Å²) in [5.41, 5.74) is 0.389. The topological polar surface area (TPSA) is 17.1 Å². The van der Waals surface area contributed by atoms with E-state index < -0.39 is 5.82 Å². The molecule has 0 aliphatic carbocycles. The number of Topliss-reactive ketones (excluding diaryl/α,β-unsaturated/α-hetero) is 1. The first kappa shape index (κ1) is 9.45. The highest BCUT2D eigenvalue weighted by Crippen LogP contribution is 2.06. The quantitative estimate of drug-likeness (QED) is 0.421. The van der Waals surface area contributed by atoms with Crippen LogP contribution in [0.15, 0.2) is 18.2 Å². The summed E-state index contributed by atoms with van der Waals surface area (Å²) in [6.07, 6.45) is 0. The Kier molecular flexibility index (Phi) is 3.03. The fourth-order valence-corrected chi connectivity index (χ4v) is 1.13. The standard InChI is InChI=1S/C8H5BBrFO/c9-5-1-2-6(7(11)3-5)8(12)4-10/h1-3H,4H2. The molecule has 0 fully saturated rings. The van der Waals surface area contributed by atoms with E-state index in [9.17, 15) is 9.18 Å². The zero-order valence-electron chi connectivity index (χ0n) is 6.18. The molecule has 0 saturated carbocycles. The second-order valence-corrected chi connectivity index (χ2v) is 2.86. The summed E-state index contributed by atoms with van der Waals surface area (Å²) >= 11 is 2.96. The van der Waals surface area contributed by atoms with Crippen LogP contribution in [0, 0.1) is 5.82 Å². The van der Waals surface area contributed by atoms with Crippen molar-refractivity contribution in [1.82, 2.24) is 0 Å². The first-order chi connectivity index (χ1) is 5.65. The number of carbonyl (C=O) groups is 1. The van der Waals surface area contributed by atoms with E-state index in [0.29, 0.717) is 5.46 Å². The average Bonchev–Trinajstić information content (AvgIpc) is 2.03. The molecular weight excluding hydrogens is 222 g/mol. The third-order valence-electron chi connectivity index (χ3n) is 1.41. The fourth-order valence-electron chi connectivity index (χ4n) is 0.829. The molecule has 0 aromatic heterocycles. The first-order valence-electron chi connectivity index (χ1n) is 3.29. The molecule has 0 heterocycles. The Morgan fingerprint density at radius 1 is 1.58 bits per heavy atom. The number of alkyl halides is 1. The maximum Gasteiger partial charge on any atom is 0.176 e. The van der Waals surface area contributed by atoms with Crippen molar-refractivity contribution in [3.63, 3.8) is 0 Å². The fraction of sp³-hybridized carbons (Fsp3) is 0.125. The lowest BCUT2D eigenvalue weighted by molar-refractivity contribution is 0.102. The lowest BCUT2D eigenvalue weighted by Gasteiger charge is -2.00. The van der Waals surface area contributed by atoms with Gasteiger partial charge in [0.15, 0.2) is 5.78 Å². The van der Waals surface area contributed by atoms with E-state index in [2.05, 4.69) is 15.9 Å². The average molecular weight is 227 g/mol. The molecule has 0 atom stereocenters. The van der Waals surface area contributed by atoms with Crippen LogP contribution in [-0.2, 0) is 0 Å². The van der Waals surface area contributed by atoms with E-state index in [1.165, 1.54) is 12.1 Å². The summed E-state index contributed by atoms with van der Waals surface area (Å²) < 4.78 is 13.0. The lowest BCUT2D eigenvalue weighted by atomic mass is 9.94. The molecule has 0 saturated heterocycles. The monoisotopic (exact) mass is 226 g/mol. The van der Waals surface area contributed by atoms with Gasteiger partial charge in [0.1, 0.15) is 13.7 Å². The van der Waals surface area contributed by atoms with E-state index in [1.54, 1.807) is 0 Å². The van der Waals surface area contributed by atoms with Crippen molar-refractivity contribution in [1.29, 1.82) is 0 Å². The molecule has 1 aromatic carbocycles. The zero-order chi connectivity index (χ0) is 9.14. The van der Waals surface area contributed by atoms with Crippen LogP contribution in [0.1, 0.15) is 10.4 Å². The molecular formula is C8H5BBrFO. The van der Waals surface area contributed by atoms with Gasteiger partial charge in [-0.3, -0.25) is 4.79 Å². The molecule has 0 N–H and O–H groups in total. The third-order valence-corrected chi connectivity index (χ3v) is 1.92. The summed E-state index contributed by atoms with van der Waals surface area (Å²) in [6.45, 7) is 0. The first-order valence-corrected chi connectivity index (χ1v) is 4.41. The van der Waals surface area contributed by atoms with E-state index >= 15 is 0 Å². The van der Waals surface area contributed by atoms with Gasteiger partial charge in [0.2, 0.25) is 0 Å². The molecule has 0 spiro atoms. The van der Waals surface area contributed by atoms with E-state index in [-0.39, 0.29) is 16.7 Å². The summed E-state index contributed by atoms with van der Waals surface area (Å²) in [5.74, 6) is -0.855. The second-order valence-electron chi connectivity index (χ2n) is 2.30. The smallest absolute Gasteiger partial charge is 0.176 e. The normalized spacial score (nSPS) is 9.83. The molecule has 1 aromatic rings. The van der Waals surface area contributed by atoms with Crippen molar-refractivity contribution < 1.29 is 9.18 Å². The summed E-state index contributed by atoms with van der Waals surface area (Å²) in [7, 11) is 5.31. The van der Waals surface area contributed by atoms with Gasteiger partial charge in [0.25, 0.3) is 0 Å². The number of hydrogen-bond acceptors (Lipinski definition) is 1. The molecule has 60 valence electrons. The van der Waals surface area contributed by atoms with Gasteiger partial charge in [-0.25, -0.2) is 4.39 Å². The van der Waals surface area contributed by atoms with E-state index in [0.717, 1.165) is 6.07 Å². The maximum atomic E-state index is 13.0. The molecule has 0 aliphatic rings. The van der Waals surface area contributed by atoms with Crippen LogP contribution in [0.2, 0.25) is 0 Å². The van der Waals surface area contributed by atoms with Crippen molar-refractivity contribution in [3.8, 4) is 0 Å². The van der Waals surface area contributed by atoms with Gasteiger partial charge in [0, 0.05) is 0 Å². The molecule has 1 nitrogen and oxygen atoms in total. The second kappa shape index (κ2) is 3.85. The molecule has 1 rings (SSSR count). The number of carbonyl (C=O) groups excluding carboxylic acids is 1. The molecule has 12 heavy (non-hydrogen) atoms. The van der Waals surface area contributed by atoms with Crippen molar-refractivity contribution in [2.45, 2.75) is 0 Å². The minimum absolute atomic E-state index is 0.0704. The van der Waals surface area contributed by atoms with Crippen molar-refractivity contribution in [3.05, 3.63) is 29.6 Å². The highest BCUT2D eigenvalue weighted by molar-refractivity contribution is 9.09. The minimum Gasteiger partial charge on any atom is -0.293 e. The number of ketones is 1. The van der Waals surface area contributed by atoms with Crippen LogP contribution in [0.25, 0.3) is 0 Å². The predicted octanol–water partition coefficient (Wildman–Crippen LogP) is 1.20. The Bertz CT molecular complexity index is 314. The van der Waals surface area contributed by atoms with Crippen LogP contribution < -0.4 is 5.46 Å². The Morgan fingerprint density at radius 3 is 2.75 bits per heavy atom. The Labute approximate surface area is 79.5 Å². The van der Waals surface area contributed by atoms with Crippen LogP contribution in [-0.4, -0.2) is 19.0 Å². The van der Waals surface area contributed by atoms with Crippen LogP contribution in [0.5, 0.6) is 0 Å².